The van der Waals surface area contributed by atoms with Crippen molar-refractivity contribution < 1.29 is 76.6 Å². The van der Waals surface area contributed by atoms with Crippen molar-refractivity contribution in [1.29, 1.82) is 0 Å². The van der Waals surface area contributed by atoms with Crippen molar-refractivity contribution in [3.8, 4) is 96.3 Å². The lowest BCUT2D eigenvalue weighted by Crippen LogP contribution is -2.31. The first kappa shape index (κ1) is 110. The molecule has 3 fully saturated rings. The van der Waals surface area contributed by atoms with Gasteiger partial charge in [0, 0.05) is 82.8 Å². The van der Waals surface area contributed by atoms with Crippen molar-refractivity contribution in [3.05, 3.63) is 257 Å². The summed E-state index contributed by atoms with van der Waals surface area (Å²) in [7, 11) is 12.8. The summed E-state index contributed by atoms with van der Waals surface area (Å²) in [5.41, 5.74) is 20.0. The average Bonchev–Trinajstić information content (AvgIpc) is 1.30. The normalized spacial score (nSPS) is 15.1. The molecular formula is C111H142N18O16. The van der Waals surface area contributed by atoms with Crippen LogP contribution in [0.15, 0.2) is 206 Å². The fourth-order valence-electron chi connectivity index (χ4n) is 16.4. The predicted octanol–water partition coefficient (Wildman–Crippen LogP) is 20.0. The standard InChI is InChI=1S/C25H35N3O4.C23H33N3O4.C18H19N3O.C17H17N3O2.C15H21N3O3.C13H17N3O2/c1-17(2)31-25(29)19-7-6-10-22(15-19)32-21-13-11-18(12-14-21)24-23(28(3)27-26-24)16-30-20-8-4-5-9-20;1-15(2)28-14-21-22(24-25-26(21)5)17-9-11-19(12-10-17)30-20-8-6-7-18(13-20)23(27)29-16(3)4;1-14-8-10-16(11-9-14)18-17(21(2)20-19-18)13-22-12-15-6-4-3-5-7-15;1-20-16(12-22-11-13-5-3-2-4-6-13)17(18-19-20)14-7-9-15(21)10-8-14;1-11(2)20-9-14-15(16-17-18(14)3)12-5-7-13(8-6-12)21-10-19-4;1-9(2)18-8-12-13(14-15-16(12)3)10-4-6-11(17)7-5-10/h11-14,17,19-20,22H,4-10,15-16H2,1-3H3;9-12,15-16,18,20H,6-8,13-14H2,1-5H3;3-11H,12-13H2,1-2H3;2-10,21H,11-12H2,1H3;5-8,11H,9-10H2,1-4H3;4-7,9,17H,8H2,1-3H3/t19-,22-;18-,20-;;;;/m00..../s1. The third kappa shape index (κ3) is 33.9. The summed E-state index contributed by atoms with van der Waals surface area (Å²) in [6.45, 7) is 25.8. The number of carbonyl (C=O) groups is 2. The molecule has 145 heavy (non-hydrogen) atoms. The number of benzene rings is 8. The molecule has 3 aliphatic carbocycles. The van der Waals surface area contributed by atoms with Crippen LogP contribution in [0.3, 0.4) is 0 Å². The lowest BCUT2D eigenvalue weighted by molar-refractivity contribution is -0.155. The highest BCUT2D eigenvalue weighted by Gasteiger charge is 2.33. The molecule has 34 nitrogen and oxygen atoms in total. The number of ether oxygens (including phenoxy) is 12. The maximum Gasteiger partial charge on any atom is 0.309 e. The number of phenolic OH excluding ortho intramolecular Hbond substituents is 2. The molecule has 0 radical (unpaired) electrons. The van der Waals surface area contributed by atoms with Gasteiger partial charge in [0.2, 0.25) is 0 Å². The molecule has 8 aromatic carbocycles. The summed E-state index contributed by atoms with van der Waals surface area (Å²) in [4.78, 5) is 24.5. The number of nitrogens with zero attached hydrogens (tertiary/aromatic N) is 18. The molecule has 0 spiro atoms. The largest absolute Gasteiger partial charge is 0.508 e. The Morgan fingerprint density at radius 1 is 0.324 bits per heavy atom. The lowest BCUT2D eigenvalue weighted by Gasteiger charge is -2.29. The van der Waals surface area contributed by atoms with E-state index in [0.717, 1.165) is 181 Å². The molecule has 0 unspecified atom stereocenters. The van der Waals surface area contributed by atoms with Gasteiger partial charge in [0.1, 0.15) is 62.9 Å². The molecule has 2 N–H and O–H groups in total. The third-order valence-corrected chi connectivity index (χ3v) is 24.3. The molecule has 772 valence electrons. The first-order chi connectivity index (χ1) is 70.0. The highest BCUT2D eigenvalue weighted by atomic mass is 16.7. The van der Waals surface area contributed by atoms with E-state index in [-0.39, 0.29) is 84.8 Å². The molecule has 0 saturated heterocycles. The fraction of sp³-hybridized carbons (Fsp3) is 0.441. The molecular weight excluding hydrogens is 1840 g/mol. The van der Waals surface area contributed by atoms with Crippen LogP contribution < -0.4 is 14.2 Å². The summed E-state index contributed by atoms with van der Waals surface area (Å²) in [5.74, 6) is 2.48. The maximum atomic E-state index is 12.3. The van der Waals surface area contributed by atoms with Gasteiger partial charge in [-0.3, -0.25) is 9.59 Å². The molecule has 6 aromatic heterocycles. The Bertz CT molecular complexity index is 6070. The van der Waals surface area contributed by atoms with Gasteiger partial charge in [0.25, 0.3) is 0 Å². The molecule has 0 bridgehead atoms. The quantitative estimate of drug-likeness (QED) is 0.0270. The topological polar surface area (TPSA) is 370 Å². The van der Waals surface area contributed by atoms with Crippen molar-refractivity contribution in [2.24, 2.45) is 54.1 Å². The minimum absolute atomic E-state index is 0.0285. The Kier molecular flexibility index (Phi) is 42.5. The number of aryl methyl sites for hydroxylation is 7. The van der Waals surface area contributed by atoms with E-state index in [4.69, 9.17) is 56.8 Å². The van der Waals surface area contributed by atoms with Gasteiger partial charge in [-0.25, -0.2) is 28.1 Å². The Morgan fingerprint density at radius 3 is 0.910 bits per heavy atom. The van der Waals surface area contributed by atoms with Gasteiger partial charge in [0.15, 0.2) is 6.79 Å². The summed E-state index contributed by atoms with van der Waals surface area (Å²) >= 11 is 0. The van der Waals surface area contributed by atoms with E-state index in [1.54, 1.807) is 59.5 Å². The summed E-state index contributed by atoms with van der Waals surface area (Å²) < 4.78 is 78.6. The van der Waals surface area contributed by atoms with Gasteiger partial charge in [0.05, 0.1) is 148 Å². The maximum absolute atomic E-state index is 12.3. The molecule has 0 aliphatic heterocycles. The highest BCUT2D eigenvalue weighted by Crippen LogP contribution is 2.36. The first-order valence-electron chi connectivity index (χ1n) is 49.8. The van der Waals surface area contributed by atoms with Gasteiger partial charge in [-0.15, -0.1) is 30.6 Å². The summed E-state index contributed by atoms with van der Waals surface area (Å²) in [5, 5.41) is 68.8. The molecule has 6 heterocycles. The van der Waals surface area contributed by atoms with Gasteiger partial charge >= 0.3 is 11.9 Å². The van der Waals surface area contributed by atoms with E-state index < -0.39 is 0 Å². The number of methoxy groups -OCH3 is 1. The van der Waals surface area contributed by atoms with Crippen molar-refractivity contribution in [2.75, 3.05) is 13.9 Å². The lowest BCUT2D eigenvalue weighted by atomic mass is 9.87. The Labute approximate surface area is 850 Å². The first-order valence-corrected chi connectivity index (χ1v) is 49.8. The monoisotopic (exact) mass is 1980 g/mol. The van der Waals surface area contributed by atoms with Crippen LogP contribution in [0.2, 0.25) is 0 Å². The van der Waals surface area contributed by atoms with Crippen molar-refractivity contribution >= 4 is 11.9 Å². The van der Waals surface area contributed by atoms with Crippen LogP contribution in [-0.2, 0) is 147 Å². The third-order valence-electron chi connectivity index (χ3n) is 24.3. The average molecular weight is 1980 g/mol. The zero-order valence-corrected chi connectivity index (χ0v) is 86.9. The van der Waals surface area contributed by atoms with Gasteiger partial charge in [-0.05, 0) is 273 Å². The van der Waals surface area contributed by atoms with E-state index in [1.165, 1.54) is 18.4 Å². The Morgan fingerprint density at radius 2 is 0.607 bits per heavy atom. The van der Waals surface area contributed by atoms with E-state index in [2.05, 4.69) is 105 Å². The number of rotatable bonds is 37. The zero-order chi connectivity index (χ0) is 103. The van der Waals surface area contributed by atoms with Crippen LogP contribution in [0.4, 0.5) is 0 Å². The smallest absolute Gasteiger partial charge is 0.309 e. The molecule has 14 aromatic rings. The second-order valence-electron chi connectivity index (χ2n) is 37.6. The number of aromatic hydroxyl groups is 2. The van der Waals surface area contributed by atoms with Crippen LogP contribution >= 0.6 is 0 Å². The number of phenols is 2. The van der Waals surface area contributed by atoms with Crippen LogP contribution in [0, 0.1) is 18.8 Å². The van der Waals surface area contributed by atoms with Gasteiger partial charge in [-0.1, -0.05) is 135 Å². The minimum atomic E-state index is -0.104. The molecule has 4 atom stereocenters. The molecule has 3 saturated carbocycles. The predicted molar refractivity (Wildman–Crippen MR) is 551 cm³/mol. The number of aromatic nitrogens is 18. The summed E-state index contributed by atoms with van der Waals surface area (Å²) in [6, 6.07) is 65.9. The van der Waals surface area contributed by atoms with Crippen molar-refractivity contribution in [3.63, 3.8) is 0 Å². The highest BCUT2D eigenvalue weighted by molar-refractivity contribution is 5.74. The van der Waals surface area contributed by atoms with Crippen molar-refractivity contribution in [2.45, 2.75) is 255 Å². The van der Waals surface area contributed by atoms with Crippen LogP contribution in [0.5, 0.6) is 28.7 Å². The number of esters is 2. The van der Waals surface area contributed by atoms with Crippen LogP contribution in [-0.4, -0.2) is 175 Å². The van der Waals surface area contributed by atoms with E-state index in [1.807, 2.05) is 257 Å². The fourth-order valence-corrected chi connectivity index (χ4v) is 16.4. The second kappa shape index (κ2) is 55.9. The summed E-state index contributed by atoms with van der Waals surface area (Å²) in [6.07, 6.45) is 12.5. The van der Waals surface area contributed by atoms with E-state index in [9.17, 15) is 19.8 Å². The van der Waals surface area contributed by atoms with Gasteiger partial charge in [-0.2, -0.15) is 0 Å². The number of hydrogen-bond donors (Lipinski definition) is 2. The molecule has 17 rings (SSSR count). The molecule has 34 heteroatoms. The SMILES string of the molecule is CC(C)OC(=O)[C@H]1CCC[C@H](Oc2ccc(-c3nnn(C)c3COC3CCCC3)cc2)C1.CC(C)OCc1c(-c2ccc(O)cc2)nnn1C.CC(C)OCc1c(-c2ccc(O[C@H]3CCC[C@H](C(=O)OC(C)C)C3)cc2)nnn1C.COCOc1ccc(-c2nnn(C)c2COC(C)C)cc1.Cc1ccc(-c2nnn(C)c2COCc2ccccc2)cc1.Cn1nnc(-c2ccc(O)cc2)c1COCc1ccccc1. The number of carbonyl (C=O) groups excluding carboxylic acids is 2. The van der Waals surface area contributed by atoms with Crippen LogP contribution in [0.25, 0.3) is 67.5 Å². The molecule has 3 aliphatic rings. The van der Waals surface area contributed by atoms with E-state index in [0.29, 0.717) is 71.8 Å². The Balaban J connectivity index is 0.000000157. The zero-order valence-electron chi connectivity index (χ0n) is 86.9. The number of hydrogen-bond acceptors (Lipinski definition) is 28. The van der Waals surface area contributed by atoms with Crippen molar-refractivity contribution in [1.82, 2.24) is 90.0 Å². The van der Waals surface area contributed by atoms with E-state index >= 15 is 0 Å². The van der Waals surface area contributed by atoms with Gasteiger partial charge < -0.3 is 67.1 Å². The second-order valence-corrected chi connectivity index (χ2v) is 37.6. The minimum Gasteiger partial charge on any atom is -0.508 e. The molecule has 0 amide bonds. The van der Waals surface area contributed by atoms with Crippen LogP contribution in [0.1, 0.15) is 197 Å². The Hall–Kier alpha value is -13.7.